The minimum Gasteiger partial charge on any atom is -0.497 e. The fourth-order valence-electron chi connectivity index (χ4n) is 1.95. The molecule has 2 N–H and O–H groups in total. The molecule has 0 aliphatic carbocycles. The minimum absolute atomic E-state index is 0.509. The van der Waals surface area contributed by atoms with Gasteiger partial charge in [0.25, 0.3) is 0 Å². The van der Waals surface area contributed by atoms with Gasteiger partial charge in [-0.15, -0.1) is 0 Å². The second kappa shape index (κ2) is 6.71. The van der Waals surface area contributed by atoms with Crippen LogP contribution in [0.15, 0.2) is 22.7 Å². The van der Waals surface area contributed by atoms with Crippen molar-refractivity contribution in [1.82, 2.24) is 10.2 Å². The van der Waals surface area contributed by atoms with Gasteiger partial charge in [-0.25, -0.2) is 0 Å². The summed E-state index contributed by atoms with van der Waals surface area (Å²) in [6.45, 7) is 2.52. The van der Waals surface area contributed by atoms with E-state index < -0.39 is 11.8 Å². The predicted octanol–water partition coefficient (Wildman–Crippen LogP) is 0.828. The molecule has 1 heterocycles. The number of hydrogen-bond donors (Lipinski definition) is 2. The zero-order chi connectivity index (χ0) is 14.5. The van der Waals surface area contributed by atoms with E-state index >= 15 is 0 Å². The van der Waals surface area contributed by atoms with Gasteiger partial charge in [0.05, 0.1) is 7.11 Å². The van der Waals surface area contributed by atoms with Gasteiger partial charge in [0.1, 0.15) is 5.75 Å². The molecule has 1 saturated heterocycles. The summed E-state index contributed by atoms with van der Waals surface area (Å²) in [5, 5.41) is 5.73. The topological polar surface area (TPSA) is 70.7 Å². The fourth-order valence-corrected chi connectivity index (χ4v) is 2.42. The quantitative estimate of drug-likeness (QED) is 0.781. The van der Waals surface area contributed by atoms with Crippen molar-refractivity contribution in [3.8, 4) is 5.75 Å². The molecular weight excluding hydrogens is 326 g/mol. The highest BCUT2D eigenvalue weighted by Gasteiger charge is 2.23. The molecule has 0 bridgehead atoms. The lowest BCUT2D eigenvalue weighted by Gasteiger charge is -2.26. The van der Waals surface area contributed by atoms with Gasteiger partial charge in [-0.05, 0) is 12.1 Å². The molecule has 0 radical (unpaired) electrons. The van der Waals surface area contributed by atoms with Crippen molar-refractivity contribution in [1.29, 1.82) is 0 Å². The van der Waals surface area contributed by atoms with Crippen molar-refractivity contribution in [2.75, 3.05) is 38.6 Å². The molecule has 0 aromatic heterocycles. The van der Waals surface area contributed by atoms with E-state index in [1.165, 1.54) is 0 Å². The second-order valence-electron chi connectivity index (χ2n) is 4.38. The minimum atomic E-state index is -0.632. The van der Waals surface area contributed by atoms with Crippen LogP contribution in [0.2, 0.25) is 0 Å². The van der Waals surface area contributed by atoms with E-state index in [1.807, 2.05) is 0 Å². The molecule has 2 amide bonds. The Labute approximate surface area is 125 Å². The Balaban J connectivity index is 2.03. The van der Waals surface area contributed by atoms with Gasteiger partial charge in [0, 0.05) is 42.4 Å². The number of anilines is 1. The van der Waals surface area contributed by atoms with Crippen molar-refractivity contribution in [2.24, 2.45) is 0 Å². The molecular formula is C13H16BrN3O3. The lowest BCUT2D eigenvalue weighted by Crippen LogP contribution is -2.49. The van der Waals surface area contributed by atoms with Crippen LogP contribution in [0, 0.1) is 0 Å². The van der Waals surface area contributed by atoms with Crippen LogP contribution in [-0.4, -0.2) is 50.0 Å². The molecule has 1 fully saturated rings. The highest BCUT2D eigenvalue weighted by Crippen LogP contribution is 2.24. The summed E-state index contributed by atoms with van der Waals surface area (Å²) in [5.74, 6) is -0.540. The van der Waals surface area contributed by atoms with E-state index in [1.54, 1.807) is 30.2 Å². The number of hydrogen-bond acceptors (Lipinski definition) is 4. The van der Waals surface area contributed by atoms with Gasteiger partial charge in [-0.3, -0.25) is 9.59 Å². The first kappa shape index (κ1) is 14.8. The molecule has 0 atom stereocenters. The van der Waals surface area contributed by atoms with Crippen LogP contribution in [0.4, 0.5) is 5.69 Å². The number of nitrogens with one attached hydrogen (secondary N) is 2. The molecule has 6 nitrogen and oxygen atoms in total. The van der Waals surface area contributed by atoms with Crippen LogP contribution in [-0.2, 0) is 9.59 Å². The van der Waals surface area contributed by atoms with E-state index in [0.717, 1.165) is 4.47 Å². The van der Waals surface area contributed by atoms with E-state index in [0.29, 0.717) is 37.6 Å². The monoisotopic (exact) mass is 341 g/mol. The van der Waals surface area contributed by atoms with E-state index in [2.05, 4.69) is 26.6 Å². The Morgan fingerprint density at radius 3 is 2.65 bits per heavy atom. The fraction of sp³-hybridized carbons (Fsp3) is 0.385. The number of carbonyl (C=O) groups excluding carboxylic acids is 2. The summed E-state index contributed by atoms with van der Waals surface area (Å²) in [7, 11) is 1.54. The number of ether oxygens (including phenoxy) is 1. The smallest absolute Gasteiger partial charge is 0.313 e. The first-order valence-corrected chi connectivity index (χ1v) is 7.05. The lowest BCUT2D eigenvalue weighted by atomic mass is 10.3. The summed E-state index contributed by atoms with van der Waals surface area (Å²) in [4.78, 5) is 25.5. The van der Waals surface area contributed by atoms with Gasteiger partial charge in [-0.1, -0.05) is 15.9 Å². The second-order valence-corrected chi connectivity index (χ2v) is 5.29. The van der Waals surface area contributed by atoms with Crippen LogP contribution in [0.1, 0.15) is 0 Å². The highest BCUT2D eigenvalue weighted by atomic mass is 79.9. The van der Waals surface area contributed by atoms with Crippen molar-refractivity contribution >= 4 is 33.4 Å². The Bertz CT molecular complexity index is 516. The van der Waals surface area contributed by atoms with Crippen LogP contribution in [0.3, 0.4) is 0 Å². The predicted molar refractivity (Wildman–Crippen MR) is 78.8 cm³/mol. The normalized spacial score (nSPS) is 14.8. The number of halogens is 1. The molecule has 0 spiro atoms. The Kier molecular flexibility index (Phi) is 4.97. The van der Waals surface area contributed by atoms with Crippen molar-refractivity contribution < 1.29 is 14.3 Å². The first-order chi connectivity index (χ1) is 9.60. The third kappa shape index (κ3) is 3.71. The van der Waals surface area contributed by atoms with Crippen molar-refractivity contribution in [3.63, 3.8) is 0 Å². The van der Waals surface area contributed by atoms with Crippen LogP contribution in [0.25, 0.3) is 0 Å². The van der Waals surface area contributed by atoms with E-state index in [-0.39, 0.29) is 0 Å². The van der Waals surface area contributed by atoms with Gasteiger partial charge in [0.15, 0.2) is 0 Å². The molecule has 1 aromatic rings. The molecule has 7 heteroatoms. The number of rotatable bonds is 2. The largest absolute Gasteiger partial charge is 0.497 e. The van der Waals surface area contributed by atoms with Crippen molar-refractivity contribution in [2.45, 2.75) is 0 Å². The number of amides is 2. The molecule has 1 aromatic carbocycles. The van der Waals surface area contributed by atoms with E-state index in [9.17, 15) is 9.59 Å². The van der Waals surface area contributed by atoms with Gasteiger partial charge < -0.3 is 20.3 Å². The first-order valence-electron chi connectivity index (χ1n) is 6.25. The summed E-state index contributed by atoms with van der Waals surface area (Å²) in [6.07, 6.45) is 0. The number of benzene rings is 1. The lowest BCUT2D eigenvalue weighted by molar-refractivity contribution is -0.143. The molecule has 0 unspecified atom stereocenters. The van der Waals surface area contributed by atoms with Crippen LogP contribution >= 0.6 is 15.9 Å². The average molecular weight is 342 g/mol. The molecule has 1 aliphatic rings. The maximum Gasteiger partial charge on any atom is 0.313 e. The summed E-state index contributed by atoms with van der Waals surface area (Å²) in [5.41, 5.74) is 0.518. The number of methoxy groups -OCH3 is 1. The zero-order valence-corrected chi connectivity index (χ0v) is 12.7. The van der Waals surface area contributed by atoms with Crippen molar-refractivity contribution in [3.05, 3.63) is 22.7 Å². The molecule has 108 valence electrons. The Morgan fingerprint density at radius 2 is 2.00 bits per heavy atom. The van der Waals surface area contributed by atoms with Gasteiger partial charge in [-0.2, -0.15) is 0 Å². The average Bonchev–Trinajstić information content (AvgIpc) is 2.46. The standard InChI is InChI=1S/C13H16BrN3O3/c1-20-11-7-9(14)6-10(8-11)16-12(18)13(19)17-4-2-15-3-5-17/h6-8,15H,2-5H2,1H3,(H,16,18). The number of carbonyl (C=O) groups is 2. The maximum atomic E-state index is 12.0. The molecule has 0 saturated carbocycles. The van der Waals surface area contributed by atoms with E-state index in [4.69, 9.17) is 4.74 Å². The third-order valence-electron chi connectivity index (χ3n) is 2.96. The number of piperazine rings is 1. The molecule has 1 aliphatic heterocycles. The third-order valence-corrected chi connectivity index (χ3v) is 3.42. The van der Waals surface area contributed by atoms with Gasteiger partial charge in [0.2, 0.25) is 0 Å². The summed E-state index contributed by atoms with van der Waals surface area (Å²) in [6, 6.07) is 5.15. The highest BCUT2D eigenvalue weighted by molar-refractivity contribution is 9.10. The number of nitrogens with zero attached hydrogens (tertiary/aromatic N) is 1. The van der Waals surface area contributed by atoms with Crippen LogP contribution < -0.4 is 15.4 Å². The van der Waals surface area contributed by atoms with Gasteiger partial charge >= 0.3 is 11.8 Å². The summed E-state index contributed by atoms with van der Waals surface area (Å²) >= 11 is 3.32. The van der Waals surface area contributed by atoms with Crippen LogP contribution in [0.5, 0.6) is 5.75 Å². The Morgan fingerprint density at radius 1 is 1.30 bits per heavy atom. The SMILES string of the molecule is COc1cc(Br)cc(NC(=O)C(=O)N2CCNCC2)c1. The zero-order valence-electron chi connectivity index (χ0n) is 11.1. The Hall–Kier alpha value is -1.60. The molecule has 2 rings (SSSR count). The maximum absolute atomic E-state index is 12.0. The summed E-state index contributed by atoms with van der Waals surface area (Å²) < 4.78 is 5.87. The molecule has 20 heavy (non-hydrogen) atoms.